The van der Waals surface area contributed by atoms with E-state index in [1.54, 1.807) is 0 Å². The van der Waals surface area contributed by atoms with Gasteiger partial charge in [-0.25, -0.2) is 9.67 Å². The van der Waals surface area contributed by atoms with E-state index in [4.69, 9.17) is 0 Å². The van der Waals surface area contributed by atoms with Gasteiger partial charge in [0.25, 0.3) is 5.56 Å². The number of rotatable bonds is 7. The zero-order chi connectivity index (χ0) is 22.6. The first-order valence-corrected chi connectivity index (χ1v) is 11.9. The Bertz CT molecular complexity index is 1250. The number of fused-ring (bicyclic) bond motifs is 1. The quantitative estimate of drug-likeness (QED) is 0.405. The molecule has 2 aromatic heterocycles. The van der Waals surface area contributed by atoms with Gasteiger partial charge in [0.05, 0.1) is 16.6 Å². The average Bonchev–Trinajstić information content (AvgIpc) is 3.15. The third-order valence-electron chi connectivity index (χ3n) is 6.53. The van der Waals surface area contributed by atoms with Crippen LogP contribution in [0.4, 0.5) is 5.82 Å². The summed E-state index contributed by atoms with van der Waals surface area (Å²) >= 11 is 0. The lowest BCUT2D eigenvalue weighted by Crippen LogP contribution is -2.46. The summed E-state index contributed by atoms with van der Waals surface area (Å²) in [6.07, 6.45) is 3.99. The topological polar surface area (TPSA) is 46.3 Å². The third kappa shape index (κ3) is 4.57. The fourth-order valence-electron chi connectivity index (χ4n) is 4.69. The predicted molar refractivity (Wildman–Crippen MR) is 134 cm³/mol. The van der Waals surface area contributed by atoms with E-state index in [9.17, 15) is 4.79 Å². The van der Waals surface area contributed by atoms with Crippen LogP contribution in [0, 0.1) is 6.92 Å². The normalized spacial score (nSPS) is 14.8. The van der Waals surface area contributed by atoms with Crippen LogP contribution in [0.25, 0.3) is 16.6 Å². The highest BCUT2D eigenvalue weighted by atomic mass is 16.1. The Labute approximate surface area is 194 Å². The van der Waals surface area contributed by atoms with Crippen molar-refractivity contribution in [3.63, 3.8) is 0 Å². The Kier molecular flexibility index (Phi) is 6.26. The summed E-state index contributed by atoms with van der Waals surface area (Å²) in [4.78, 5) is 22.6. The van der Waals surface area contributed by atoms with Gasteiger partial charge >= 0.3 is 0 Å². The second-order valence-electron chi connectivity index (χ2n) is 8.82. The van der Waals surface area contributed by atoms with Crippen LogP contribution in [0.1, 0.15) is 18.4 Å². The van der Waals surface area contributed by atoms with Gasteiger partial charge in [0, 0.05) is 38.9 Å². The second kappa shape index (κ2) is 9.63. The first-order chi connectivity index (χ1) is 16.2. The van der Waals surface area contributed by atoms with Gasteiger partial charge in [-0.15, -0.1) is 0 Å². The summed E-state index contributed by atoms with van der Waals surface area (Å²) in [5, 5.41) is 0.780. The molecule has 0 radical (unpaired) electrons. The molecule has 0 spiro atoms. The van der Waals surface area contributed by atoms with Crippen molar-refractivity contribution in [2.45, 2.75) is 26.3 Å². The van der Waals surface area contributed by atoms with Gasteiger partial charge in [0.15, 0.2) is 0 Å². The molecule has 0 atom stereocenters. The lowest BCUT2D eigenvalue weighted by molar-refractivity contribution is 0.250. The van der Waals surface area contributed by atoms with Crippen molar-refractivity contribution in [3.05, 3.63) is 88.8 Å². The molecule has 0 unspecified atom stereocenters. The number of pyridine rings is 1. The molecule has 2 aromatic carbocycles. The Morgan fingerprint density at radius 1 is 0.818 bits per heavy atom. The van der Waals surface area contributed by atoms with Crippen molar-refractivity contribution in [2.24, 2.45) is 0 Å². The van der Waals surface area contributed by atoms with Crippen molar-refractivity contribution < 1.29 is 0 Å². The maximum Gasteiger partial charge on any atom is 0.274 e. The van der Waals surface area contributed by atoms with Crippen molar-refractivity contribution in [1.29, 1.82) is 0 Å². The van der Waals surface area contributed by atoms with E-state index in [0.29, 0.717) is 0 Å². The number of aryl methyl sites for hydroxylation is 1. The van der Waals surface area contributed by atoms with Crippen molar-refractivity contribution in [3.8, 4) is 5.69 Å². The molecule has 0 amide bonds. The second-order valence-corrected chi connectivity index (χ2v) is 8.82. The van der Waals surface area contributed by atoms with E-state index in [1.165, 1.54) is 5.56 Å². The maximum absolute atomic E-state index is 13.1. The van der Waals surface area contributed by atoms with Gasteiger partial charge in [-0.05, 0) is 62.2 Å². The van der Waals surface area contributed by atoms with Crippen molar-refractivity contribution in [2.75, 3.05) is 37.6 Å². The van der Waals surface area contributed by atoms with Gasteiger partial charge in [0.2, 0.25) is 0 Å². The minimum atomic E-state index is 0.0914. The molecule has 4 aromatic rings. The number of benzene rings is 2. The molecule has 1 aliphatic heterocycles. The number of hydrogen-bond donors (Lipinski definition) is 0. The van der Waals surface area contributed by atoms with Crippen LogP contribution in [0.3, 0.4) is 0 Å². The molecule has 33 heavy (non-hydrogen) atoms. The highest BCUT2D eigenvalue weighted by Crippen LogP contribution is 2.18. The van der Waals surface area contributed by atoms with Crippen molar-refractivity contribution in [1.82, 2.24) is 19.2 Å². The van der Waals surface area contributed by atoms with E-state index in [2.05, 4.69) is 50.7 Å². The van der Waals surface area contributed by atoms with Crippen LogP contribution in [-0.2, 0) is 6.54 Å². The number of nitrogens with zero attached hydrogens (tertiary/aromatic N) is 5. The van der Waals surface area contributed by atoms with Gasteiger partial charge < -0.3 is 4.90 Å². The van der Waals surface area contributed by atoms with Gasteiger partial charge in [0.1, 0.15) is 5.82 Å². The summed E-state index contributed by atoms with van der Waals surface area (Å²) in [6, 6.07) is 22.3. The molecule has 0 N–H and O–H groups in total. The first kappa shape index (κ1) is 21.5. The van der Waals surface area contributed by atoms with Crippen LogP contribution >= 0.6 is 0 Å². The van der Waals surface area contributed by atoms with Gasteiger partial charge in [-0.1, -0.05) is 36.4 Å². The summed E-state index contributed by atoms with van der Waals surface area (Å²) < 4.78 is 3.98. The fraction of sp³-hybridized carbons (Fsp3) is 0.333. The molecule has 6 heteroatoms. The molecule has 3 heterocycles. The molecule has 170 valence electrons. The lowest BCUT2D eigenvalue weighted by Gasteiger charge is -2.35. The molecule has 0 saturated carbocycles. The molecule has 6 nitrogen and oxygen atoms in total. The van der Waals surface area contributed by atoms with Crippen LogP contribution in [-0.4, -0.2) is 52.0 Å². The van der Waals surface area contributed by atoms with Crippen LogP contribution in [0.2, 0.25) is 0 Å². The fourth-order valence-corrected chi connectivity index (χ4v) is 4.69. The largest absolute Gasteiger partial charge is 0.354 e. The Morgan fingerprint density at radius 3 is 2.30 bits per heavy atom. The minimum absolute atomic E-state index is 0.0914. The summed E-state index contributed by atoms with van der Waals surface area (Å²) in [6.45, 7) is 7.99. The smallest absolute Gasteiger partial charge is 0.274 e. The van der Waals surface area contributed by atoms with Crippen LogP contribution in [0.15, 0.2) is 77.7 Å². The van der Waals surface area contributed by atoms with Crippen molar-refractivity contribution >= 4 is 16.7 Å². The molecule has 5 rings (SSSR count). The van der Waals surface area contributed by atoms with E-state index in [-0.39, 0.29) is 5.56 Å². The zero-order valence-corrected chi connectivity index (χ0v) is 19.2. The first-order valence-electron chi connectivity index (χ1n) is 11.9. The highest BCUT2D eigenvalue weighted by molar-refractivity contribution is 5.80. The van der Waals surface area contributed by atoms with E-state index >= 15 is 0 Å². The van der Waals surface area contributed by atoms with E-state index in [1.807, 2.05) is 53.3 Å². The third-order valence-corrected chi connectivity index (χ3v) is 6.53. The minimum Gasteiger partial charge on any atom is -0.354 e. The SMILES string of the molecule is Cc1ccc(N2CCN(CCCCn3c(=O)c4ccccc4n3-c3ccccc3)CC2)nc1. The van der Waals surface area contributed by atoms with Crippen LogP contribution < -0.4 is 10.5 Å². The average molecular weight is 442 g/mol. The molecule has 0 bridgehead atoms. The lowest BCUT2D eigenvalue weighted by atomic mass is 10.2. The van der Waals surface area contributed by atoms with E-state index < -0.39 is 0 Å². The number of anilines is 1. The molecule has 1 saturated heterocycles. The summed E-state index contributed by atoms with van der Waals surface area (Å²) in [5.74, 6) is 1.08. The Balaban J connectivity index is 1.20. The molecular weight excluding hydrogens is 410 g/mol. The maximum atomic E-state index is 13.1. The molecule has 0 aliphatic carbocycles. The van der Waals surface area contributed by atoms with E-state index in [0.717, 1.165) is 74.5 Å². The standard InChI is InChI=1S/C27H31N5O/c1-22-13-14-26(28-21-22)30-19-17-29(18-20-30)15-7-8-16-31-27(33)24-11-5-6-12-25(24)32(31)23-9-3-2-4-10-23/h2-6,9-14,21H,7-8,15-20H2,1H3. The molecule has 1 fully saturated rings. The molecule has 1 aliphatic rings. The zero-order valence-electron chi connectivity index (χ0n) is 19.2. The monoisotopic (exact) mass is 441 g/mol. The number of piperazine rings is 1. The Hall–Kier alpha value is -3.38. The highest BCUT2D eigenvalue weighted by Gasteiger charge is 2.18. The van der Waals surface area contributed by atoms with Crippen LogP contribution in [0.5, 0.6) is 0 Å². The molecular formula is C27H31N5O. The number of aromatic nitrogens is 3. The number of unbranched alkanes of at least 4 members (excludes halogenated alkanes) is 1. The summed E-state index contributed by atoms with van der Waals surface area (Å²) in [5.41, 5.74) is 3.28. The summed E-state index contributed by atoms with van der Waals surface area (Å²) in [7, 11) is 0. The van der Waals surface area contributed by atoms with Gasteiger partial charge in [-0.3, -0.25) is 14.4 Å². The predicted octanol–water partition coefficient (Wildman–Crippen LogP) is 4.10. The van der Waals surface area contributed by atoms with Gasteiger partial charge in [-0.2, -0.15) is 0 Å². The Morgan fingerprint density at radius 2 is 1.55 bits per heavy atom. The number of hydrogen-bond acceptors (Lipinski definition) is 4. The number of para-hydroxylation sites is 2.